The minimum Gasteiger partial charge on any atom is -0.296 e. The highest BCUT2D eigenvalue weighted by atomic mass is 14.6. The average Bonchev–Trinajstić information content (AvgIpc) is 2.11. The molecule has 0 saturated heterocycles. The molecule has 0 unspecified atom stereocenters. The summed E-state index contributed by atoms with van der Waals surface area (Å²) in [7, 11) is 1.78. The number of rotatable bonds is 3. The number of nitrogens with zero attached hydrogens (tertiary/aromatic N) is 1. The van der Waals surface area contributed by atoms with Crippen LogP contribution in [0.1, 0.15) is 20.8 Å². The van der Waals surface area contributed by atoms with Gasteiger partial charge in [0.25, 0.3) is 0 Å². The first-order valence-corrected chi connectivity index (χ1v) is 4.06. The van der Waals surface area contributed by atoms with Crippen molar-refractivity contribution in [1.29, 1.82) is 0 Å². The third kappa shape index (κ3) is 2.87. The third-order valence-electron chi connectivity index (χ3n) is 1.91. The summed E-state index contributed by atoms with van der Waals surface area (Å²) in [4.78, 5) is 3.98. The largest absolute Gasteiger partial charge is 0.296 e. The molecule has 0 aliphatic rings. The predicted molar refractivity (Wildman–Crippen MR) is 56.7 cm³/mol. The molecule has 0 heterocycles. The second-order valence-electron chi connectivity index (χ2n) is 2.64. The van der Waals surface area contributed by atoms with Crippen LogP contribution >= 0.6 is 0 Å². The van der Waals surface area contributed by atoms with Crippen molar-refractivity contribution in [2.24, 2.45) is 4.99 Å². The molecule has 0 aromatic rings. The van der Waals surface area contributed by atoms with E-state index in [9.17, 15) is 0 Å². The van der Waals surface area contributed by atoms with Crippen molar-refractivity contribution in [3.63, 3.8) is 0 Å². The van der Waals surface area contributed by atoms with Gasteiger partial charge in [-0.2, -0.15) is 0 Å². The van der Waals surface area contributed by atoms with Gasteiger partial charge in [0, 0.05) is 13.3 Å². The van der Waals surface area contributed by atoms with Gasteiger partial charge in [-0.05, 0) is 37.5 Å². The summed E-state index contributed by atoms with van der Waals surface area (Å²) in [6.45, 7) is 9.87. The van der Waals surface area contributed by atoms with E-state index in [-0.39, 0.29) is 0 Å². The fourth-order valence-electron chi connectivity index (χ4n) is 0.908. The van der Waals surface area contributed by atoms with Gasteiger partial charge < -0.3 is 0 Å². The molecule has 0 amide bonds. The van der Waals surface area contributed by atoms with Crippen LogP contribution in [-0.4, -0.2) is 13.3 Å². The van der Waals surface area contributed by atoms with Gasteiger partial charge in [0.2, 0.25) is 0 Å². The molecule has 0 atom stereocenters. The van der Waals surface area contributed by atoms with E-state index < -0.39 is 0 Å². The molecule has 0 aliphatic carbocycles. The van der Waals surface area contributed by atoms with Crippen molar-refractivity contribution in [3.05, 3.63) is 35.5 Å². The first-order valence-electron chi connectivity index (χ1n) is 4.06. The molecule has 0 fully saturated rings. The van der Waals surface area contributed by atoms with Crippen LogP contribution in [0, 0.1) is 0 Å². The maximum Gasteiger partial charge on any atom is 0.0280 e. The van der Waals surface area contributed by atoms with E-state index >= 15 is 0 Å². The van der Waals surface area contributed by atoms with Gasteiger partial charge in [0.05, 0.1) is 0 Å². The molecule has 0 N–H and O–H groups in total. The quantitative estimate of drug-likeness (QED) is 0.447. The van der Waals surface area contributed by atoms with Gasteiger partial charge in [-0.15, -0.1) is 0 Å². The Morgan fingerprint density at radius 3 is 2.25 bits per heavy atom. The minimum absolute atomic E-state index is 1.16. The van der Waals surface area contributed by atoms with Crippen LogP contribution in [0.25, 0.3) is 0 Å². The molecule has 0 bridgehead atoms. The number of hydrogen-bond donors (Lipinski definition) is 0. The Bertz CT molecular complexity index is 242. The fourth-order valence-corrected chi connectivity index (χ4v) is 0.908. The lowest BCUT2D eigenvalue weighted by Crippen LogP contribution is -1.89. The van der Waals surface area contributed by atoms with Crippen LogP contribution in [0.4, 0.5) is 0 Å². The third-order valence-corrected chi connectivity index (χ3v) is 1.91. The summed E-state index contributed by atoms with van der Waals surface area (Å²) in [6.07, 6.45) is 5.78. The standard InChI is InChI=1S/C11H17N/c1-6-9(3)10(4)11(7-2)8-12-5/h6-8H,1H2,2-5H3/b10-9-,11-7?,12-8-. The molecular weight excluding hydrogens is 146 g/mol. The molecule has 0 aromatic carbocycles. The van der Waals surface area contributed by atoms with Gasteiger partial charge in [-0.25, -0.2) is 0 Å². The average molecular weight is 163 g/mol. The van der Waals surface area contributed by atoms with Crippen molar-refractivity contribution >= 4 is 6.21 Å². The zero-order valence-electron chi connectivity index (χ0n) is 8.39. The Morgan fingerprint density at radius 1 is 1.33 bits per heavy atom. The van der Waals surface area contributed by atoms with E-state index in [2.05, 4.69) is 31.5 Å². The second kappa shape index (κ2) is 5.53. The zero-order chi connectivity index (χ0) is 9.56. The molecule has 12 heavy (non-hydrogen) atoms. The number of allylic oxidation sites excluding steroid dienone is 5. The van der Waals surface area contributed by atoms with Crippen LogP contribution in [-0.2, 0) is 0 Å². The van der Waals surface area contributed by atoms with E-state index in [1.807, 2.05) is 19.2 Å². The van der Waals surface area contributed by atoms with E-state index in [0.717, 1.165) is 5.57 Å². The van der Waals surface area contributed by atoms with E-state index in [0.29, 0.717) is 0 Å². The summed E-state index contributed by atoms with van der Waals surface area (Å²) in [5.41, 5.74) is 3.59. The Kier molecular flexibility index (Phi) is 5.02. The molecule has 0 spiro atoms. The van der Waals surface area contributed by atoms with Crippen LogP contribution in [0.15, 0.2) is 40.4 Å². The Balaban J connectivity index is 4.89. The van der Waals surface area contributed by atoms with Gasteiger partial charge >= 0.3 is 0 Å². The van der Waals surface area contributed by atoms with Crippen LogP contribution < -0.4 is 0 Å². The lowest BCUT2D eigenvalue weighted by Gasteiger charge is -2.03. The molecule has 0 saturated carbocycles. The summed E-state index contributed by atoms with van der Waals surface area (Å²) >= 11 is 0. The topological polar surface area (TPSA) is 12.4 Å². The smallest absolute Gasteiger partial charge is 0.0280 e. The van der Waals surface area contributed by atoms with Gasteiger partial charge in [-0.1, -0.05) is 18.7 Å². The molecule has 0 radical (unpaired) electrons. The van der Waals surface area contributed by atoms with E-state index in [1.165, 1.54) is 11.1 Å². The van der Waals surface area contributed by atoms with E-state index in [1.54, 1.807) is 7.05 Å². The highest BCUT2D eigenvalue weighted by molar-refractivity contribution is 5.84. The molecule has 0 rings (SSSR count). The van der Waals surface area contributed by atoms with Crippen molar-refractivity contribution in [3.8, 4) is 0 Å². The van der Waals surface area contributed by atoms with Crippen LogP contribution in [0.3, 0.4) is 0 Å². The first-order chi connectivity index (χ1) is 5.67. The predicted octanol–water partition coefficient (Wildman–Crippen LogP) is 3.16. The van der Waals surface area contributed by atoms with Crippen molar-refractivity contribution < 1.29 is 0 Å². The lowest BCUT2D eigenvalue weighted by atomic mass is 10.0. The Labute approximate surface area is 75.2 Å². The minimum atomic E-state index is 1.16. The molecule has 0 aliphatic heterocycles. The number of hydrogen-bond acceptors (Lipinski definition) is 1. The SMILES string of the molecule is C=C/C(C)=C(/C)C(=CC)/C=N\C. The van der Waals surface area contributed by atoms with Crippen molar-refractivity contribution in [2.75, 3.05) is 7.05 Å². The van der Waals surface area contributed by atoms with Gasteiger partial charge in [0.1, 0.15) is 0 Å². The normalized spacial score (nSPS) is 14.8. The summed E-state index contributed by atoms with van der Waals surface area (Å²) in [5.74, 6) is 0. The summed E-state index contributed by atoms with van der Waals surface area (Å²) in [5, 5.41) is 0. The van der Waals surface area contributed by atoms with Crippen LogP contribution in [0.5, 0.6) is 0 Å². The number of aliphatic imine (C=N–C) groups is 1. The highest BCUT2D eigenvalue weighted by Gasteiger charge is 1.96. The monoisotopic (exact) mass is 163 g/mol. The molecule has 0 aromatic heterocycles. The molecule has 1 nitrogen and oxygen atoms in total. The first kappa shape index (κ1) is 10.9. The van der Waals surface area contributed by atoms with Crippen molar-refractivity contribution in [2.45, 2.75) is 20.8 Å². The fraction of sp³-hybridized carbons (Fsp3) is 0.364. The van der Waals surface area contributed by atoms with Gasteiger partial charge in [-0.3, -0.25) is 4.99 Å². The second-order valence-corrected chi connectivity index (χ2v) is 2.64. The zero-order valence-corrected chi connectivity index (χ0v) is 8.39. The Hall–Kier alpha value is -1.11. The maximum absolute atomic E-state index is 3.98. The van der Waals surface area contributed by atoms with Crippen LogP contribution in [0.2, 0.25) is 0 Å². The molecular formula is C11H17N. The summed E-state index contributed by atoms with van der Waals surface area (Å²) < 4.78 is 0. The summed E-state index contributed by atoms with van der Waals surface area (Å²) in [6, 6.07) is 0. The molecule has 1 heteroatoms. The maximum atomic E-state index is 3.98. The van der Waals surface area contributed by atoms with Crippen molar-refractivity contribution in [1.82, 2.24) is 0 Å². The lowest BCUT2D eigenvalue weighted by molar-refractivity contribution is 1.33. The van der Waals surface area contributed by atoms with E-state index in [4.69, 9.17) is 0 Å². The molecule has 66 valence electrons. The highest BCUT2D eigenvalue weighted by Crippen LogP contribution is 2.12. The van der Waals surface area contributed by atoms with Gasteiger partial charge in [0.15, 0.2) is 0 Å². The Morgan fingerprint density at radius 2 is 1.92 bits per heavy atom.